The summed E-state index contributed by atoms with van der Waals surface area (Å²) in [6.45, 7) is 0. The van der Waals surface area contributed by atoms with E-state index in [4.69, 9.17) is 16.9 Å². The molecule has 1 heterocycles. The SMILES string of the molecule is N#Cc1cnccc1NC(=O)CCl. The topological polar surface area (TPSA) is 65.8 Å². The van der Waals surface area contributed by atoms with Crippen molar-refractivity contribution < 1.29 is 4.79 Å². The zero-order valence-electron chi connectivity index (χ0n) is 6.62. The molecule has 1 aromatic rings. The van der Waals surface area contributed by atoms with Crippen molar-refractivity contribution in [2.45, 2.75) is 0 Å². The summed E-state index contributed by atoms with van der Waals surface area (Å²) in [6.07, 6.45) is 2.87. The summed E-state index contributed by atoms with van der Waals surface area (Å²) < 4.78 is 0. The fourth-order valence-corrected chi connectivity index (χ4v) is 0.843. The van der Waals surface area contributed by atoms with Gasteiger partial charge in [0.15, 0.2) is 0 Å². The van der Waals surface area contributed by atoms with Gasteiger partial charge in [-0.1, -0.05) is 0 Å². The van der Waals surface area contributed by atoms with Crippen LogP contribution in [0.5, 0.6) is 0 Å². The number of pyridine rings is 1. The Morgan fingerprint density at radius 3 is 3.15 bits per heavy atom. The molecule has 0 aromatic carbocycles. The molecule has 66 valence electrons. The second-order valence-electron chi connectivity index (χ2n) is 2.21. The Hall–Kier alpha value is -1.60. The van der Waals surface area contributed by atoms with E-state index in [2.05, 4.69) is 10.3 Å². The maximum atomic E-state index is 10.9. The van der Waals surface area contributed by atoms with Crippen molar-refractivity contribution in [3.05, 3.63) is 24.0 Å². The van der Waals surface area contributed by atoms with Crippen LogP contribution in [0, 0.1) is 11.3 Å². The number of nitrogens with one attached hydrogen (secondary N) is 1. The summed E-state index contributed by atoms with van der Waals surface area (Å²) in [5, 5.41) is 11.1. The number of alkyl halides is 1. The highest BCUT2D eigenvalue weighted by Crippen LogP contribution is 2.11. The standard InChI is InChI=1S/C8H6ClN3O/c9-3-8(13)12-7-1-2-11-5-6(7)4-10/h1-2,5H,3H2,(H,11,12,13). The second-order valence-corrected chi connectivity index (χ2v) is 2.48. The molecule has 0 atom stereocenters. The largest absolute Gasteiger partial charge is 0.324 e. The predicted molar refractivity (Wildman–Crippen MR) is 48.3 cm³/mol. The number of anilines is 1. The van der Waals surface area contributed by atoms with Gasteiger partial charge in [0.25, 0.3) is 0 Å². The van der Waals surface area contributed by atoms with Crippen molar-refractivity contribution in [2.24, 2.45) is 0 Å². The van der Waals surface area contributed by atoms with E-state index in [0.717, 1.165) is 0 Å². The molecule has 4 nitrogen and oxygen atoms in total. The summed E-state index contributed by atoms with van der Waals surface area (Å²) in [5.41, 5.74) is 0.754. The van der Waals surface area contributed by atoms with E-state index in [1.807, 2.05) is 6.07 Å². The van der Waals surface area contributed by atoms with Crippen LogP contribution in [0.25, 0.3) is 0 Å². The third-order valence-corrected chi connectivity index (χ3v) is 1.58. The third-order valence-electron chi connectivity index (χ3n) is 1.34. The highest BCUT2D eigenvalue weighted by atomic mass is 35.5. The Labute approximate surface area is 80.2 Å². The van der Waals surface area contributed by atoms with Gasteiger partial charge in [0, 0.05) is 12.4 Å². The van der Waals surface area contributed by atoms with Gasteiger partial charge in [-0.25, -0.2) is 0 Å². The van der Waals surface area contributed by atoms with Crippen molar-refractivity contribution in [3.8, 4) is 6.07 Å². The van der Waals surface area contributed by atoms with Gasteiger partial charge < -0.3 is 5.32 Å². The minimum absolute atomic E-state index is 0.132. The summed E-state index contributed by atoms with van der Waals surface area (Å²) in [6, 6.07) is 3.45. The molecule has 13 heavy (non-hydrogen) atoms. The quantitative estimate of drug-likeness (QED) is 0.720. The number of nitriles is 1. The molecule has 0 spiro atoms. The van der Waals surface area contributed by atoms with E-state index < -0.39 is 0 Å². The fraction of sp³-hybridized carbons (Fsp3) is 0.125. The number of amides is 1. The van der Waals surface area contributed by atoms with Crippen molar-refractivity contribution in [1.29, 1.82) is 5.26 Å². The molecule has 0 fully saturated rings. The Kier molecular flexibility index (Phi) is 3.23. The monoisotopic (exact) mass is 195 g/mol. The molecule has 0 saturated heterocycles. The van der Waals surface area contributed by atoms with Gasteiger partial charge in [-0.2, -0.15) is 5.26 Å². The number of rotatable bonds is 2. The lowest BCUT2D eigenvalue weighted by atomic mass is 10.2. The highest BCUT2D eigenvalue weighted by molar-refractivity contribution is 6.29. The van der Waals surface area contributed by atoms with E-state index in [0.29, 0.717) is 11.3 Å². The van der Waals surface area contributed by atoms with Gasteiger partial charge in [-0.05, 0) is 6.07 Å². The molecular formula is C8H6ClN3O. The average Bonchev–Trinajstić information content (AvgIpc) is 2.18. The highest BCUT2D eigenvalue weighted by Gasteiger charge is 2.04. The number of hydrogen-bond donors (Lipinski definition) is 1. The van der Waals surface area contributed by atoms with Gasteiger partial charge in [0.1, 0.15) is 11.9 Å². The predicted octanol–water partition coefficient (Wildman–Crippen LogP) is 1.13. The molecule has 0 radical (unpaired) electrons. The smallest absolute Gasteiger partial charge is 0.239 e. The minimum atomic E-state index is -0.343. The van der Waals surface area contributed by atoms with Crippen LogP contribution < -0.4 is 5.32 Å². The lowest BCUT2D eigenvalue weighted by molar-refractivity contribution is -0.113. The molecule has 1 amide bonds. The lowest BCUT2D eigenvalue weighted by Crippen LogP contribution is -2.13. The zero-order chi connectivity index (χ0) is 9.68. The van der Waals surface area contributed by atoms with E-state index in [9.17, 15) is 4.79 Å². The maximum Gasteiger partial charge on any atom is 0.239 e. The first-order valence-corrected chi connectivity index (χ1v) is 4.01. The minimum Gasteiger partial charge on any atom is -0.324 e. The molecule has 1 N–H and O–H groups in total. The second kappa shape index (κ2) is 4.43. The van der Waals surface area contributed by atoms with Crippen LogP contribution in [0.2, 0.25) is 0 Å². The summed E-state index contributed by atoms with van der Waals surface area (Å²) in [4.78, 5) is 14.6. The molecular weight excluding hydrogens is 190 g/mol. The van der Waals surface area contributed by atoms with E-state index >= 15 is 0 Å². The number of carbonyl (C=O) groups excluding carboxylic acids is 1. The molecule has 0 aliphatic rings. The van der Waals surface area contributed by atoms with Crippen LogP contribution in [-0.4, -0.2) is 16.8 Å². The van der Waals surface area contributed by atoms with Crippen molar-refractivity contribution in [3.63, 3.8) is 0 Å². The van der Waals surface area contributed by atoms with E-state index in [1.54, 1.807) is 6.07 Å². The summed E-state index contributed by atoms with van der Waals surface area (Å²) >= 11 is 5.29. The summed E-state index contributed by atoms with van der Waals surface area (Å²) in [7, 11) is 0. The number of aromatic nitrogens is 1. The molecule has 0 aliphatic heterocycles. The average molecular weight is 196 g/mol. The summed E-state index contributed by atoms with van der Waals surface area (Å²) in [5.74, 6) is -0.475. The van der Waals surface area contributed by atoms with Crippen LogP contribution in [0.3, 0.4) is 0 Å². The van der Waals surface area contributed by atoms with Crippen molar-refractivity contribution >= 4 is 23.2 Å². The molecule has 0 aliphatic carbocycles. The van der Waals surface area contributed by atoms with Crippen molar-refractivity contribution in [1.82, 2.24) is 4.98 Å². The van der Waals surface area contributed by atoms with Gasteiger partial charge >= 0.3 is 0 Å². The third kappa shape index (κ3) is 2.42. The van der Waals surface area contributed by atoms with Gasteiger partial charge in [0.05, 0.1) is 11.3 Å². The Bertz CT molecular complexity index is 359. The first kappa shape index (κ1) is 9.49. The fourth-order valence-electron chi connectivity index (χ4n) is 0.776. The van der Waals surface area contributed by atoms with E-state index in [-0.39, 0.29) is 11.8 Å². The van der Waals surface area contributed by atoms with Crippen LogP contribution in [-0.2, 0) is 4.79 Å². The van der Waals surface area contributed by atoms with Crippen LogP contribution in [0.1, 0.15) is 5.56 Å². The lowest BCUT2D eigenvalue weighted by Gasteiger charge is -2.02. The van der Waals surface area contributed by atoms with Crippen LogP contribution in [0.4, 0.5) is 5.69 Å². The van der Waals surface area contributed by atoms with E-state index in [1.165, 1.54) is 12.4 Å². The van der Waals surface area contributed by atoms with Crippen LogP contribution >= 0.6 is 11.6 Å². The Morgan fingerprint density at radius 2 is 2.54 bits per heavy atom. The molecule has 0 saturated carbocycles. The van der Waals surface area contributed by atoms with Gasteiger partial charge in [0.2, 0.25) is 5.91 Å². The van der Waals surface area contributed by atoms with Crippen molar-refractivity contribution in [2.75, 3.05) is 11.2 Å². The maximum absolute atomic E-state index is 10.9. The molecule has 5 heteroatoms. The number of nitrogens with zero attached hydrogens (tertiary/aromatic N) is 2. The van der Waals surface area contributed by atoms with Crippen LogP contribution in [0.15, 0.2) is 18.5 Å². The van der Waals surface area contributed by atoms with Gasteiger partial charge in [-0.3, -0.25) is 9.78 Å². The molecule has 0 unspecified atom stereocenters. The first-order chi connectivity index (χ1) is 6.27. The molecule has 1 aromatic heterocycles. The zero-order valence-corrected chi connectivity index (χ0v) is 7.38. The Balaban J connectivity index is 2.89. The number of halogens is 1. The van der Waals surface area contributed by atoms with Gasteiger partial charge in [-0.15, -0.1) is 11.6 Å². The molecule has 1 rings (SSSR count). The number of carbonyl (C=O) groups is 1. The Morgan fingerprint density at radius 1 is 1.77 bits per heavy atom. The first-order valence-electron chi connectivity index (χ1n) is 3.48. The normalized spacial score (nSPS) is 8.92. The molecule has 0 bridgehead atoms. The number of hydrogen-bond acceptors (Lipinski definition) is 3.